The second-order valence-electron chi connectivity index (χ2n) is 3.74. The molecule has 0 aliphatic heterocycles. The Morgan fingerprint density at radius 1 is 0.643 bits per heavy atom. The minimum Gasteiger partial charge on any atom is -0.0622 e. The van der Waals surface area contributed by atoms with Crippen LogP contribution in [-0.4, -0.2) is 0 Å². The number of aryl methyl sites for hydroxylation is 2. The average Bonchev–Trinajstić information content (AvgIpc) is 2.77. The highest BCUT2D eigenvalue weighted by Gasteiger charge is 2.10. The summed E-state index contributed by atoms with van der Waals surface area (Å²) in [5.74, 6) is 0. The quantitative estimate of drug-likeness (QED) is 0.493. The third kappa shape index (κ3) is 2.23. The Balaban J connectivity index is 0.000000107. The van der Waals surface area contributed by atoms with E-state index >= 15 is 0 Å². The summed E-state index contributed by atoms with van der Waals surface area (Å²) < 4.78 is 0. The molecular weight excluding hydrogens is 168 g/mol. The smallest absolute Gasteiger partial charge is 0.0175 e. The minimum absolute atomic E-state index is 1.32. The van der Waals surface area contributed by atoms with Crippen molar-refractivity contribution in [1.82, 2.24) is 0 Å². The number of rotatable bonds is 0. The van der Waals surface area contributed by atoms with E-state index < -0.39 is 0 Å². The lowest BCUT2D eigenvalue weighted by Gasteiger charge is -1.82. The Labute approximate surface area is 85.2 Å². The Kier molecular flexibility index (Phi) is 2.36. The van der Waals surface area contributed by atoms with Crippen LogP contribution in [-0.2, 0) is 0 Å². The van der Waals surface area contributed by atoms with E-state index in [-0.39, 0.29) is 0 Å². The maximum Gasteiger partial charge on any atom is -0.0175 e. The first kappa shape index (κ1) is 9.01. The third-order valence-corrected chi connectivity index (χ3v) is 2.27. The maximum absolute atomic E-state index is 2.20. The van der Waals surface area contributed by atoms with E-state index in [1.165, 1.54) is 22.3 Å². The number of hydrogen-bond acceptors (Lipinski definition) is 0. The fourth-order valence-corrected chi connectivity index (χ4v) is 1.45. The van der Waals surface area contributed by atoms with Gasteiger partial charge in [-0.3, -0.25) is 0 Å². The number of hydrogen-bond donors (Lipinski definition) is 0. The van der Waals surface area contributed by atoms with Crippen LogP contribution in [0.5, 0.6) is 0 Å². The first-order valence-corrected chi connectivity index (χ1v) is 4.89. The highest BCUT2D eigenvalue weighted by atomic mass is 14.1. The van der Waals surface area contributed by atoms with Crippen LogP contribution < -0.4 is 0 Å². The van der Waals surface area contributed by atoms with E-state index in [9.17, 15) is 0 Å². The van der Waals surface area contributed by atoms with Crippen LogP contribution in [0, 0.1) is 13.8 Å². The first-order chi connectivity index (χ1) is 6.75. The zero-order chi connectivity index (χ0) is 9.97. The average molecular weight is 182 g/mol. The molecular formula is C14H14. The highest BCUT2D eigenvalue weighted by Crippen LogP contribution is 2.35. The zero-order valence-electron chi connectivity index (χ0n) is 8.62. The molecule has 70 valence electrons. The molecule has 0 bridgehead atoms. The van der Waals surface area contributed by atoms with Crippen molar-refractivity contribution in [2.45, 2.75) is 13.8 Å². The Morgan fingerprint density at radius 2 is 1.21 bits per heavy atom. The Morgan fingerprint density at radius 3 is 1.50 bits per heavy atom. The van der Waals surface area contributed by atoms with Gasteiger partial charge in [-0.2, -0.15) is 0 Å². The number of fused-ring (bicyclic) bond motifs is 1. The fourth-order valence-electron chi connectivity index (χ4n) is 1.45. The van der Waals surface area contributed by atoms with Gasteiger partial charge < -0.3 is 0 Å². The molecule has 0 spiro atoms. The van der Waals surface area contributed by atoms with Crippen LogP contribution in [0.3, 0.4) is 0 Å². The van der Waals surface area contributed by atoms with Gasteiger partial charge in [0.1, 0.15) is 0 Å². The molecule has 2 aliphatic rings. The monoisotopic (exact) mass is 182 g/mol. The molecule has 0 unspecified atom stereocenters. The molecule has 0 nitrogen and oxygen atoms in total. The van der Waals surface area contributed by atoms with Crippen LogP contribution in [0.2, 0.25) is 0 Å². The van der Waals surface area contributed by atoms with Gasteiger partial charge >= 0.3 is 0 Å². The third-order valence-electron chi connectivity index (χ3n) is 2.27. The predicted molar refractivity (Wildman–Crippen MR) is 61.4 cm³/mol. The zero-order valence-corrected chi connectivity index (χ0v) is 8.62. The molecule has 2 aliphatic carbocycles. The molecule has 0 saturated heterocycles. The molecule has 0 heterocycles. The maximum atomic E-state index is 2.20. The number of benzene rings is 2. The SMILES string of the molecule is Cc1cc2cc-2c1.Cc1ccccc1. The van der Waals surface area contributed by atoms with E-state index in [1.807, 2.05) is 18.2 Å². The summed E-state index contributed by atoms with van der Waals surface area (Å²) in [5.41, 5.74) is 5.60. The van der Waals surface area contributed by atoms with Gasteiger partial charge in [0.25, 0.3) is 0 Å². The van der Waals surface area contributed by atoms with Gasteiger partial charge in [0.15, 0.2) is 0 Å². The van der Waals surface area contributed by atoms with Crippen molar-refractivity contribution in [1.29, 1.82) is 0 Å². The lowest BCUT2D eigenvalue weighted by molar-refractivity contribution is 1.48. The van der Waals surface area contributed by atoms with Crippen molar-refractivity contribution < 1.29 is 0 Å². The van der Waals surface area contributed by atoms with Crippen LogP contribution in [0.15, 0.2) is 48.5 Å². The summed E-state index contributed by atoms with van der Waals surface area (Å²) in [6.45, 7) is 4.21. The normalized spacial score (nSPS) is 10.1. The second-order valence-corrected chi connectivity index (χ2v) is 3.74. The Bertz CT molecular complexity index is 407. The van der Waals surface area contributed by atoms with Crippen molar-refractivity contribution in [2.75, 3.05) is 0 Å². The molecule has 0 N–H and O–H groups in total. The van der Waals surface area contributed by atoms with E-state index in [2.05, 4.69) is 44.2 Å². The topological polar surface area (TPSA) is 0 Å². The Hall–Kier alpha value is -1.56. The van der Waals surface area contributed by atoms with Gasteiger partial charge in [0.05, 0.1) is 0 Å². The van der Waals surface area contributed by atoms with Crippen molar-refractivity contribution in [3.05, 3.63) is 59.7 Å². The van der Waals surface area contributed by atoms with Gasteiger partial charge in [-0.15, -0.1) is 0 Å². The first-order valence-electron chi connectivity index (χ1n) is 4.89. The molecule has 1 aromatic carbocycles. The largest absolute Gasteiger partial charge is 0.0622 e. The van der Waals surface area contributed by atoms with Gasteiger partial charge in [0.2, 0.25) is 0 Å². The van der Waals surface area contributed by atoms with E-state index in [0.717, 1.165) is 0 Å². The van der Waals surface area contributed by atoms with Crippen LogP contribution in [0.4, 0.5) is 0 Å². The summed E-state index contributed by atoms with van der Waals surface area (Å²) in [7, 11) is 0. The summed E-state index contributed by atoms with van der Waals surface area (Å²) in [5, 5.41) is 0. The lowest BCUT2D eigenvalue weighted by atomic mass is 10.2. The molecule has 0 atom stereocenters. The van der Waals surface area contributed by atoms with Crippen molar-refractivity contribution >= 4 is 0 Å². The molecule has 0 fully saturated rings. The van der Waals surface area contributed by atoms with Crippen LogP contribution >= 0.6 is 0 Å². The molecule has 0 aromatic heterocycles. The molecule has 0 heteroatoms. The van der Waals surface area contributed by atoms with Crippen molar-refractivity contribution in [2.24, 2.45) is 0 Å². The van der Waals surface area contributed by atoms with Gasteiger partial charge in [-0.25, -0.2) is 0 Å². The fraction of sp³-hybridized carbons (Fsp3) is 0.143. The van der Waals surface area contributed by atoms with Crippen molar-refractivity contribution in [3.63, 3.8) is 0 Å². The molecule has 0 radical (unpaired) electrons. The summed E-state index contributed by atoms with van der Waals surface area (Å²) in [4.78, 5) is 0. The minimum atomic E-state index is 1.32. The van der Waals surface area contributed by atoms with Gasteiger partial charge in [-0.05, 0) is 36.6 Å². The highest BCUT2D eigenvalue weighted by molar-refractivity contribution is 5.82. The molecule has 14 heavy (non-hydrogen) atoms. The molecule has 1 aromatic rings. The van der Waals surface area contributed by atoms with Crippen molar-refractivity contribution in [3.8, 4) is 11.1 Å². The lowest BCUT2D eigenvalue weighted by Crippen LogP contribution is -1.62. The van der Waals surface area contributed by atoms with Crippen LogP contribution in [0.25, 0.3) is 11.1 Å². The van der Waals surface area contributed by atoms with Gasteiger partial charge in [-0.1, -0.05) is 48.0 Å². The van der Waals surface area contributed by atoms with E-state index in [4.69, 9.17) is 0 Å². The summed E-state index contributed by atoms with van der Waals surface area (Å²) in [6.07, 6.45) is 0. The summed E-state index contributed by atoms with van der Waals surface area (Å²) in [6, 6.07) is 16.9. The predicted octanol–water partition coefficient (Wildman–Crippen LogP) is 3.97. The van der Waals surface area contributed by atoms with E-state index in [1.54, 1.807) is 0 Å². The molecule has 0 amide bonds. The van der Waals surface area contributed by atoms with Gasteiger partial charge in [0, 0.05) is 0 Å². The standard InChI is InChI=1S/C7H6.C7H8/c1-5-2-6-4-7(6)3-5;1-7-5-3-2-4-6-7/h2-4H,1H3;2-6H,1H3. The van der Waals surface area contributed by atoms with E-state index in [0.29, 0.717) is 0 Å². The van der Waals surface area contributed by atoms with Crippen LogP contribution in [0.1, 0.15) is 11.1 Å². The molecule has 0 saturated carbocycles. The summed E-state index contributed by atoms with van der Waals surface area (Å²) >= 11 is 0. The molecule has 3 rings (SSSR count). The second kappa shape index (κ2) is 3.67.